The second-order valence-corrected chi connectivity index (χ2v) is 5.49. The maximum Gasteiger partial charge on any atom is 0.323 e. The molecule has 0 saturated heterocycles. The van der Waals surface area contributed by atoms with Crippen molar-refractivity contribution in [2.45, 2.75) is 20.8 Å². The van der Waals surface area contributed by atoms with Gasteiger partial charge in [0.15, 0.2) is 0 Å². The van der Waals surface area contributed by atoms with Crippen LogP contribution in [0.5, 0.6) is 0 Å². The van der Waals surface area contributed by atoms with Gasteiger partial charge >= 0.3 is 12.0 Å². The van der Waals surface area contributed by atoms with Gasteiger partial charge in [-0.3, -0.25) is 4.79 Å². The lowest BCUT2D eigenvalue weighted by Crippen LogP contribution is -2.41. The molecule has 1 rings (SSSR count). The van der Waals surface area contributed by atoms with Gasteiger partial charge in [-0.15, -0.1) is 0 Å². The second kappa shape index (κ2) is 7.14. The number of aryl methyl sites for hydroxylation is 1. The van der Waals surface area contributed by atoms with Crippen LogP contribution in [-0.2, 0) is 4.79 Å². The van der Waals surface area contributed by atoms with E-state index in [0.717, 1.165) is 5.56 Å². The number of rotatable bonds is 5. The Morgan fingerprint density at radius 1 is 1.40 bits per heavy atom. The number of anilines is 1. The van der Waals surface area contributed by atoms with Crippen LogP contribution in [-0.4, -0.2) is 35.1 Å². The summed E-state index contributed by atoms with van der Waals surface area (Å²) in [6.45, 7) is 5.75. The Morgan fingerprint density at radius 3 is 2.55 bits per heavy atom. The van der Waals surface area contributed by atoms with Crippen LogP contribution in [0, 0.1) is 12.8 Å². The zero-order valence-corrected chi connectivity index (χ0v) is 12.6. The topological polar surface area (TPSA) is 69.6 Å². The number of carbonyl (C=O) groups is 2. The van der Waals surface area contributed by atoms with Gasteiger partial charge in [0.2, 0.25) is 0 Å². The molecule has 0 radical (unpaired) electrons. The molecule has 0 fully saturated rings. The number of hydrogen-bond donors (Lipinski definition) is 2. The van der Waals surface area contributed by atoms with Crippen molar-refractivity contribution in [3.8, 4) is 0 Å². The molecular formula is C14H19ClN2O3. The lowest BCUT2D eigenvalue weighted by Gasteiger charge is -2.23. The van der Waals surface area contributed by atoms with Crippen molar-refractivity contribution in [1.82, 2.24) is 4.90 Å². The molecule has 0 bridgehead atoms. The van der Waals surface area contributed by atoms with Crippen LogP contribution in [0.3, 0.4) is 0 Å². The minimum atomic E-state index is -1.05. The molecule has 0 aliphatic carbocycles. The zero-order valence-electron chi connectivity index (χ0n) is 11.8. The molecule has 110 valence electrons. The van der Waals surface area contributed by atoms with Gasteiger partial charge in [0.05, 0.1) is 10.7 Å². The number of benzene rings is 1. The number of halogens is 1. The van der Waals surface area contributed by atoms with Gasteiger partial charge in [-0.1, -0.05) is 31.5 Å². The monoisotopic (exact) mass is 298 g/mol. The van der Waals surface area contributed by atoms with E-state index in [1.807, 2.05) is 26.8 Å². The second-order valence-electron chi connectivity index (χ2n) is 5.08. The molecule has 20 heavy (non-hydrogen) atoms. The Morgan fingerprint density at radius 2 is 2.05 bits per heavy atom. The van der Waals surface area contributed by atoms with Gasteiger partial charge in [-0.2, -0.15) is 0 Å². The highest BCUT2D eigenvalue weighted by Crippen LogP contribution is 2.23. The predicted octanol–water partition coefficient (Wildman–Crippen LogP) is 3.22. The van der Waals surface area contributed by atoms with Crippen molar-refractivity contribution in [3.05, 3.63) is 28.8 Å². The third-order valence-electron chi connectivity index (χ3n) is 2.57. The van der Waals surface area contributed by atoms with Crippen molar-refractivity contribution in [3.63, 3.8) is 0 Å². The van der Waals surface area contributed by atoms with Gasteiger partial charge in [0, 0.05) is 6.54 Å². The average molecular weight is 299 g/mol. The van der Waals surface area contributed by atoms with Crippen LogP contribution < -0.4 is 5.32 Å². The van der Waals surface area contributed by atoms with Gasteiger partial charge in [-0.25, -0.2) is 4.79 Å². The number of nitrogens with zero attached hydrogens (tertiary/aromatic N) is 1. The number of nitrogens with one attached hydrogen (secondary N) is 1. The summed E-state index contributed by atoms with van der Waals surface area (Å²) in [5.74, 6) is -0.871. The first kappa shape index (κ1) is 16.3. The average Bonchev–Trinajstić information content (AvgIpc) is 2.30. The first-order valence-electron chi connectivity index (χ1n) is 6.33. The van der Waals surface area contributed by atoms with Crippen molar-refractivity contribution >= 4 is 29.3 Å². The van der Waals surface area contributed by atoms with Gasteiger partial charge < -0.3 is 15.3 Å². The van der Waals surface area contributed by atoms with Crippen LogP contribution in [0.2, 0.25) is 5.02 Å². The van der Waals surface area contributed by atoms with Crippen LogP contribution in [0.1, 0.15) is 19.4 Å². The number of aliphatic carboxylic acids is 1. The number of carbonyl (C=O) groups excluding carboxylic acids is 1. The standard InChI is InChI=1S/C14H19ClN2O3/c1-9(2)7-17(8-13(18)19)14(20)16-12-5-4-10(3)6-11(12)15/h4-6,9H,7-8H2,1-3H3,(H,16,20)(H,18,19). The number of urea groups is 1. The number of carboxylic acid groups (broad SMARTS) is 1. The summed E-state index contributed by atoms with van der Waals surface area (Å²) < 4.78 is 0. The fourth-order valence-corrected chi connectivity index (χ4v) is 2.02. The van der Waals surface area contributed by atoms with Crippen molar-refractivity contribution in [2.24, 2.45) is 5.92 Å². The number of amides is 2. The fourth-order valence-electron chi connectivity index (χ4n) is 1.74. The molecule has 5 nitrogen and oxygen atoms in total. The van der Waals surface area contributed by atoms with Crippen LogP contribution in [0.15, 0.2) is 18.2 Å². The first-order chi connectivity index (χ1) is 9.29. The Labute approximate surface area is 123 Å². The fraction of sp³-hybridized carbons (Fsp3) is 0.429. The quantitative estimate of drug-likeness (QED) is 0.877. The van der Waals surface area contributed by atoms with E-state index >= 15 is 0 Å². The van der Waals surface area contributed by atoms with E-state index in [2.05, 4.69) is 5.32 Å². The smallest absolute Gasteiger partial charge is 0.323 e. The maximum atomic E-state index is 12.1. The minimum absolute atomic E-state index is 0.175. The van der Waals surface area contributed by atoms with Crippen molar-refractivity contribution in [2.75, 3.05) is 18.4 Å². The SMILES string of the molecule is Cc1ccc(NC(=O)N(CC(=O)O)CC(C)C)c(Cl)c1. The highest BCUT2D eigenvalue weighted by Gasteiger charge is 2.18. The van der Waals surface area contributed by atoms with Crippen molar-refractivity contribution < 1.29 is 14.7 Å². The molecule has 0 unspecified atom stereocenters. The molecular weight excluding hydrogens is 280 g/mol. The molecule has 0 heterocycles. The first-order valence-corrected chi connectivity index (χ1v) is 6.71. The van der Waals surface area contributed by atoms with E-state index in [1.54, 1.807) is 12.1 Å². The largest absolute Gasteiger partial charge is 0.480 e. The van der Waals surface area contributed by atoms with Crippen molar-refractivity contribution in [1.29, 1.82) is 0 Å². The van der Waals surface area contributed by atoms with E-state index in [4.69, 9.17) is 16.7 Å². The highest BCUT2D eigenvalue weighted by molar-refractivity contribution is 6.33. The zero-order chi connectivity index (χ0) is 15.3. The molecule has 2 N–H and O–H groups in total. The molecule has 0 spiro atoms. The summed E-state index contributed by atoms with van der Waals surface area (Å²) >= 11 is 6.04. The third kappa shape index (κ3) is 5.09. The van der Waals surface area contributed by atoms with E-state index in [-0.39, 0.29) is 12.5 Å². The summed E-state index contributed by atoms with van der Waals surface area (Å²) in [4.78, 5) is 24.2. The molecule has 0 aromatic heterocycles. The molecule has 0 saturated carbocycles. The van der Waals surface area contributed by atoms with E-state index in [1.165, 1.54) is 4.90 Å². The molecule has 0 aliphatic heterocycles. The van der Waals surface area contributed by atoms with Crippen LogP contribution in [0.4, 0.5) is 10.5 Å². The summed E-state index contributed by atoms with van der Waals surface area (Å²) in [7, 11) is 0. The van der Waals surface area contributed by atoms with Crippen LogP contribution in [0.25, 0.3) is 0 Å². The molecule has 1 aromatic rings. The molecule has 6 heteroatoms. The lowest BCUT2D eigenvalue weighted by molar-refractivity contribution is -0.137. The summed E-state index contributed by atoms with van der Waals surface area (Å²) in [6.07, 6.45) is 0. The summed E-state index contributed by atoms with van der Waals surface area (Å²) in [5, 5.41) is 11.9. The summed E-state index contributed by atoms with van der Waals surface area (Å²) in [6, 6.07) is 4.79. The Balaban J connectivity index is 2.81. The summed E-state index contributed by atoms with van der Waals surface area (Å²) in [5.41, 5.74) is 1.46. The Kier molecular flexibility index (Phi) is 5.82. The third-order valence-corrected chi connectivity index (χ3v) is 2.88. The maximum absolute atomic E-state index is 12.1. The highest BCUT2D eigenvalue weighted by atomic mass is 35.5. The molecule has 0 aliphatic rings. The number of hydrogen-bond acceptors (Lipinski definition) is 2. The Hall–Kier alpha value is -1.75. The molecule has 2 amide bonds. The van der Waals surface area contributed by atoms with Crippen LogP contribution >= 0.6 is 11.6 Å². The minimum Gasteiger partial charge on any atom is -0.480 e. The normalized spacial score (nSPS) is 10.4. The van der Waals surface area contributed by atoms with E-state index < -0.39 is 12.0 Å². The van der Waals surface area contributed by atoms with E-state index in [9.17, 15) is 9.59 Å². The van der Waals surface area contributed by atoms with E-state index in [0.29, 0.717) is 17.3 Å². The van der Waals surface area contributed by atoms with Gasteiger partial charge in [0.25, 0.3) is 0 Å². The number of carboxylic acids is 1. The lowest BCUT2D eigenvalue weighted by atomic mass is 10.2. The Bertz CT molecular complexity index is 503. The van der Waals surface area contributed by atoms with Gasteiger partial charge in [-0.05, 0) is 30.5 Å². The molecule has 0 atom stereocenters. The van der Waals surface area contributed by atoms with Gasteiger partial charge in [0.1, 0.15) is 6.54 Å². The molecule has 1 aromatic carbocycles. The predicted molar refractivity (Wildman–Crippen MR) is 79.3 cm³/mol.